The van der Waals surface area contributed by atoms with Crippen molar-refractivity contribution >= 4 is 15.8 Å². The maximum absolute atomic E-state index is 12.0. The Labute approximate surface area is 114 Å². The van der Waals surface area contributed by atoms with Gasteiger partial charge in [-0.1, -0.05) is 17.7 Å². The molecule has 1 aliphatic carbocycles. The summed E-state index contributed by atoms with van der Waals surface area (Å²) in [6.07, 6.45) is 3.15. The van der Waals surface area contributed by atoms with Gasteiger partial charge in [-0.25, -0.2) is 13.1 Å². The minimum absolute atomic E-state index is 0.170. The Morgan fingerprint density at radius 1 is 1.26 bits per heavy atom. The highest BCUT2D eigenvalue weighted by atomic mass is 32.2. The van der Waals surface area contributed by atoms with Gasteiger partial charge in [0.15, 0.2) is 0 Å². The average Bonchev–Trinajstić information content (AvgIpc) is 2.37. The highest BCUT2D eigenvalue weighted by Gasteiger charge is 2.27. The highest BCUT2D eigenvalue weighted by Crippen LogP contribution is 2.26. The Morgan fingerprint density at radius 2 is 1.95 bits per heavy atom. The van der Waals surface area contributed by atoms with Crippen molar-refractivity contribution in [2.24, 2.45) is 5.92 Å². The number of ketones is 1. The van der Waals surface area contributed by atoms with Gasteiger partial charge in [-0.3, -0.25) is 4.79 Å². The number of aryl methyl sites for hydroxylation is 1. The SMILES string of the molecule is Cc1ccc(S(=O)(=O)NCCCC2CCC2=O)cc1. The average molecular weight is 281 g/mol. The molecule has 1 N–H and O–H groups in total. The van der Waals surface area contributed by atoms with Crippen LogP contribution in [0.25, 0.3) is 0 Å². The van der Waals surface area contributed by atoms with E-state index in [-0.39, 0.29) is 10.8 Å². The number of nitrogens with one attached hydrogen (secondary N) is 1. The van der Waals surface area contributed by atoms with Crippen molar-refractivity contribution in [1.29, 1.82) is 0 Å². The van der Waals surface area contributed by atoms with Crippen LogP contribution in [-0.4, -0.2) is 20.7 Å². The standard InChI is InChI=1S/C14H19NO3S/c1-11-4-7-13(8-5-11)19(17,18)15-10-2-3-12-6-9-14(12)16/h4-5,7-8,12,15H,2-3,6,9-10H2,1H3. The van der Waals surface area contributed by atoms with E-state index < -0.39 is 10.0 Å². The number of Topliss-reactive ketones (excluding diaryl/α,β-unsaturated/α-hetero) is 1. The molecule has 2 rings (SSSR count). The van der Waals surface area contributed by atoms with E-state index in [1.807, 2.05) is 6.92 Å². The summed E-state index contributed by atoms with van der Waals surface area (Å²) in [5, 5.41) is 0. The second kappa shape index (κ2) is 5.84. The first-order chi connectivity index (χ1) is 8.99. The Balaban J connectivity index is 1.80. The molecule has 0 bridgehead atoms. The Bertz CT molecular complexity index is 549. The molecule has 0 aliphatic heterocycles. The summed E-state index contributed by atoms with van der Waals surface area (Å²) in [6, 6.07) is 6.77. The molecule has 1 unspecified atom stereocenters. The highest BCUT2D eigenvalue weighted by molar-refractivity contribution is 7.89. The topological polar surface area (TPSA) is 63.2 Å². The van der Waals surface area contributed by atoms with Crippen molar-refractivity contribution in [3.05, 3.63) is 29.8 Å². The number of hydrogen-bond donors (Lipinski definition) is 1. The van der Waals surface area contributed by atoms with Crippen LogP contribution in [0.4, 0.5) is 0 Å². The first-order valence-corrected chi connectivity index (χ1v) is 8.06. The summed E-state index contributed by atoms with van der Waals surface area (Å²) < 4.78 is 26.5. The molecule has 19 heavy (non-hydrogen) atoms. The van der Waals surface area contributed by atoms with Crippen molar-refractivity contribution in [3.8, 4) is 0 Å². The molecule has 1 atom stereocenters. The van der Waals surface area contributed by atoms with E-state index in [0.29, 0.717) is 25.2 Å². The molecule has 1 aromatic carbocycles. The van der Waals surface area contributed by atoms with Gasteiger partial charge >= 0.3 is 0 Å². The second-order valence-corrected chi connectivity index (χ2v) is 6.82. The molecule has 104 valence electrons. The Kier molecular flexibility index (Phi) is 4.37. The lowest BCUT2D eigenvalue weighted by Crippen LogP contribution is -2.28. The Hall–Kier alpha value is -1.20. The van der Waals surface area contributed by atoms with Gasteiger partial charge < -0.3 is 0 Å². The molecular formula is C14H19NO3S. The molecule has 5 heteroatoms. The lowest BCUT2D eigenvalue weighted by atomic mass is 9.81. The van der Waals surface area contributed by atoms with Crippen molar-refractivity contribution in [2.75, 3.05) is 6.54 Å². The summed E-state index contributed by atoms with van der Waals surface area (Å²) in [6.45, 7) is 2.31. The van der Waals surface area contributed by atoms with E-state index in [2.05, 4.69) is 4.72 Å². The molecule has 0 aromatic heterocycles. The van der Waals surface area contributed by atoms with Crippen LogP contribution in [-0.2, 0) is 14.8 Å². The molecule has 0 heterocycles. The van der Waals surface area contributed by atoms with Crippen LogP contribution in [0.2, 0.25) is 0 Å². The molecule has 1 saturated carbocycles. The van der Waals surface area contributed by atoms with Crippen LogP contribution in [0.3, 0.4) is 0 Å². The number of rotatable bonds is 6. The summed E-state index contributed by atoms with van der Waals surface area (Å²) in [5.74, 6) is 0.491. The van der Waals surface area contributed by atoms with Gasteiger partial charge in [-0.05, 0) is 38.3 Å². The van der Waals surface area contributed by atoms with Crippen LogP contribution in [0, 0.1) is 12.8 Å². The predicted octanol–water partition coefficient (Wildman–Crippen LogP) is 2.03. The zero-order valence-corrected chi connectivity index (χ0v) is 11.9. The van der Waals surface area contributed by atoms with Gasteiger partial charge in [0.2, 0.25) is 10.0 Å². The quantitative estimate of drug-likeness (QED) is 0.812. The molecule has 1 aromatic rings. The fourth-order valence-electron chi connectivity index (χ4n) is 2.13. The fraction of sp³-hybridized carbons (Fsp3) is 0.500. The second-order valence-electron chi connectivity index (χ2n) is 5.05. The third kappa shape index (κ3) is 3.64. The summed E-state index contributed by atoms with van der Waals surface area (Å²) in [4.78, 5) is 11.4. The van der Waals surface area contributed by atoms with Crippen molar-refractivity contribution in [1.82, 2.24) is 4.72 Å². The van der Waals surface area contributed by atoms with E-state index in [4.69, 9.17) is 0 Å². The van der Waals surface area contributed by atoms with Crippen molar-refractivity contribution < 1.29 is 13.2 Å². The molecule has 0 amide bonds. The van der Waals surface area contributed by atoms with Gasteiger partial charge in [0.25, 0.3) is 0 Å². The van der Waals surface area contributed by atoms with Crippen molar-refractivity contribution in [3.63, 3.8) is 0 Å². The van der Waals surface area contributed by atoms with Crippen LogP contribution in [0.5, 0.6) is 0 Å². The predicted molar refractivity (Wildman–Crippen MR) is 73.3 cm³/mol. The number of sulfonamides is 1. The molecule has 0 saturated heterocycles. The van der Waals surface area contributed by atoms with Crippen LogP contribution < -0.4 is 4.72 Å². The molecular weight excluding hydrogens is 262 g/mol. The number of hydrogen-bond acceptors (Lipinski definition) is 3. The van der Waals surface area contributed by atoms with Gasteiger partial charge in [0.1, 0.15) is 5.78 Å². The maximum Gasteiger partial charge on any atom is 0.240 e. The third-order valence-corrected chi connectivity index (χ3v) is 5.02. The minimum atomic E-state index is -3.41. The minimum Gasteiger partial charge on any atom is -0.299 e. The van der Waals surface area contributed by atoms with Crippen LogP contribution >= 0.6 is 0 Å². The Morgan fingerprint density at radius 3 is 2.47 bits per heavy atom. The molecule has 0 spiro atoms. The zero-order chi connectivity index (χ0) is 13.9. The number of benzene rings is 1. The molecule has 1 fully saturated rings. The lowest BCUT2D eigenvalue weighted by Gasteiger charge is -2.23. The first-order valence-electron chi connectivity index (χ1n) is 6.58. The molecule has 0 radical (unpaired) electrons. The van der Waals surface area contributed by atoms with Gasteiger partial charge in [0, 0.05) is 18.9 Å². The number of carbonyl (C=O) groups is 1. The first kappa shape index (κ1) is 14.2. The summed E-state index contributed by atoms with van der Waals surface area (Å²) in [5.41, 5.74) is 1.03. The lowest BCUT2D eigenvalue weighted by molar-refractivity contribution is -0.129. The summed E-state index contributed by atoms with van der Waals surface area (Å²) >= 11 is 0. The van der Waals surface area contributed by atoms with Crippen molar-refractivity contribution in [2.45, 2.75) is 37.5 Å². The largest absolute Gasteiger partial charge is 0.299 e. The van der Waals surface area contributed by atoms with E-state index in [1.54, 1.807) is 24.3 Å². The van der Waals surface area contributed by atoms with E-state index in [1.165, 1.54) is 0 Å². The van der Waals surface area contributed by atoms with Gasteiger partial charge in [0.05, 0.1) is 4.90 Å². The monoisotopic (exact) mass is 281 g/mol. The van der Waals surface area contributed by atoms with E-state index in [9.17, 15) is 13.2 Å². The number of carbonyl (C=O) groups excluding carboxylic acids is 1. The zero-order valence-electron chi connectivity index (χ0n) is 11.1. The van der Waals surface area contributed by atoms with E-state index >= 15 is 0 Å². The molecule has 4 nitrogen and oxygen atoms in total. The maximum atomic E-state index is 12.0. The normalized spacial score (nSPS) is 19.2. The summed E-state index contributed by atoms with van der Waals surface area (Å²) in [7, 11) is -3.41. The van der Waals surface area contributed by atoms with E-state index in [0.717, 1.165) is 18.4 Å². The van der Waals surface area contributed by atoms with Gasteiger partial charge in [-0.2, -0.15) is 0 Å². The van der Waals surface area contributed by atoms with Gasteiger partial charge in [-0.15, -0.1) is 0 Å². The fourth-order valence-corrected chi connectivity index (χ4v) is 3.20. The third-order valence-electron chi connectivity index (χ3n) is 3.55. The molecule has 1 aliphatic rings. The smallest absolute Gasteiger partial charge is 0.240 e. The van der Waals surface area contributed by atoms with Crippen LogP contribution in [0.15, 0.2) is 29.2 Å². The van der Waals surface area contributed by atoms with Crippen LogP contribution in [0.1, 0.15) is 31.2 Å².